The molecule has 0 saturated carbocycles. The van der Waals surface area contributed by atoms with Crippen molar-refractivity contribution in [2.45, 2.75) is 25.7 Å². The van der Waals surface area contributed by atoms with Crippen LogP contribution in [0.3, 0.4) is 0 Å². The zero-order valence-electron chi connectivity index (χ0n) is 12.8. The molecule has 0 aromatic heterocycles. The molecule has 0 bridgehead atoms. The van der Waals surface area contributed by atoms with Gasteiger partial charge in [-0.1, -0.05) is 19.1 Å². The highest BCUT2D eigenvalue weighted by Crippen LogP contribution is 2.35. The van der Waals surface area contributed by atoms with Crippen LogP contribution in [0, 0.1) is 5.92 Å². The Kier molecular flexibility index (Phi) is 5.40. The third-order valence-electron chi connectivity index (χ3n) is 4.02. The van der Waals surface area contributed by atoms with E-state index in [9.17, 15) is 0 Å². The minimum atomic E-state index is -0.166. The van der Waals surface area contributed by atoms with Gasteiger partial charge in [0, 0.05) is 26.8 Å². The maximum Gasteiger partial charge on any atom is 0.169 e. The highest BCUT2D eigenvalue weighted by Gasteiger charge is 2.32. The molecule has 1 aromatic carbocycles. The van der Waals surface area contributed by atoms with Gasteiger partial charge in [0.1, 0.15) is 5.75 Å². The highest BCUT2D eigenvalue weighted by molar-refractivity contribution is 5.29. The first kappa shape index (κ1) is 15.3. The maximum absolute atomic E-state index is 5.33. The molecule has 4 nitrogen and oxygen atoms in total. The predicted molar refractivity (Wildman–Crippen MR) is 78.9 cm³/mol. The third-order valence-corrected chi connectivity index (χ3v) is 4.02. The van der Waals surface area contributed by atoms with Crippen molar-refractivity contribution in [3.63, 3.8) is 0 Å². The van der Waals surface area contributed by atoms with Gasteiger partial charge in [-0.2, -0.15) is 0 Å². The summed E-state index contributed by atoms with van der Waals surface area (Å²) in [5.74, 6) is 1.59. The zero-order valence-corrected chi connectivity index (χ0v) is 12.8. The summed E-state index contributed by atoms with van der Waals surface area (Å²) < 4.78 is 15.9. The van der Waals surface area contributed by atoms with Gasteiger partial charge in [0.15, 0.2) is 6.29 Å². The SMILES string of the molecule is COc1ccc(C2CC(C)CN2CC(OC)OC)cc1. The van der Waals surface area contributed by atoms with Crippen LogP contribution in [0.15, 0.2) is 24.3 Å². The third kappa shape index (κ3) is 3.51. The average molecular weight is 279 g/mol. The number of benzene rings is 1. The monoisotopic (exact) mass is 279 g/mol. The topological polar surface area (TPSA) is 30.9 Å². The van der Waals surface area contributed by atoms with E-state index in [1.807, 2.05) is 12.1 Å². The van der Waals surface area contributed by atoms with Crippen LogP contribution < -0.4 is 4.74 Å². The number of hydrogen-bond acceptors (Lipinski definition) is 4. The van der Waals surface area contributed by atoms with Crippen LogP contribution in [0.1, 0.15) is 24.9 Å². The second-order valence-corrected chi connectivity index (χ2v) is 5.48. The first-order valence-corrected chi connectivity index (χ1v) is 7.11. The molecule has 4 heteroatoms. The van der Waals surface area contributed by atoms with Crippen molar-refractivity contribution in [1.82, 2.24) is 4.90 Å². The molecule has 0 N–H and O–H groups in total. The van der Waals surface area contributed by atoms with Gasteiger partial charge in [-0.3, -0.25) is 4.90 Å². The Bertz CT molecular complexity index is 403. The van der Waals surface area contributed by atoms with Crippen LogP contribution in [-0.4, -0.2) is 45.6 Å². The smallest absolute Gasteiger partial charge is 0.169 e. The van der Waals surface area contributed by atoms with Gasteiger partial charge < -0.3 is 14.2 Å². The Morgan fingerprint density at radius 1 is 1.15 bits per heavy atom. The summed E-state index contributed by atoms with van der Waals surface area (Å²) >= 11 is 0. The Morgan fingerprint density at radius 3 is 2.35 bits per heavy atom. The van der Waals surface area contributed by atoms with Crippen LogP contribution in [-0.2, 0) is 9.47 Å². The second-order valence-electron chi connectivity index (χ2n) is 5.48. The molecule has 20 heavy (non-hydrogen) atoms. The fraction of sp³-hybridized carbons (Fsp3) is 0.625. The summed E-state index contributed by atoms with van der Waals surface area (Å²) in [6.45, 7) is 4.18. The Hall–Kier alpha value is -1.10. The van der Waals surface area contributed by atoms with Crippen molar-refractivity contribution in [3.05, 3.63) is 29.8 Å². The number of likely N-dealkylation sites (tertiary alicyclic amines) is 1. The van der Waals surface area contributed by atoms with Gasteiger partial charge in [0.05, 0.1) is 13.7 Å². The summed E-state index contributed by atoms with van der Waals surface area (Å²) in [6, 6.07) is 8.80. The lowest BCUT2D eigenvalue weighted by Gasteiger charge is -2.28. The summed E-state index contributed by atoms with van der Waals surface area (Å²) in [5.41, 5.74) is 1.33. The molecule has 0 spiro atoms. The van der Waals surface area contributed by atoms with E-state index in [1.54, 1.807) is 21.3 Å². The van der Waals surface area contributed by atoms with Gasteiger partial charge >= 0.3 is 0 Å². The van der Waals surface area contributed by atoms with Crippen molar-refractivity contribution in [2.24, 2.45) is 5.92 Å². The lowest BCUT2D eigenvalue weighted by molar-refractivity contribution is -0.118. The quantitative estimate of drug-likeness (QED) is 0.749. The second kappa shape index (κ2) is 7.07. The van der Waals surface area contributed by atoms with Crippen LogP contribution in [0.4, 0.5) is 0 Å². The summed E-state index contributed by atoms with van der Waals surface area (Å²) in [7, 11) is 5.08. The van der Waals surface area contributed by atoms with Crippen molar-refractivity contribution in [3.8, 4) is 5.75 Å². The van der Waals surface area contributed by atoms with Crippen LogP contribution in [0.5, 0.6) is 5.75 Å². The van der Waals surface area contributed by atoms with E-state index in [0.29, 0.717) is 12.0 Å². The van der Waals surface area contributed by atoms with E-state index in [0.717, 1.165) is 18.8 Å². The standard InChI is InChI=1S/C16H25NO3/c1-12-9-15(13-5-7-14(18-2)8-6-13)17(10-12)11-16(19-3)20-4/h5-8,12,15-16H,9-11H2,1-4H3. The predicted octanol–water partition coefficient (Wildman–Crippen LogP) is 2.70. The Morgan fingerprint density at radius 2 is 1.80 bits per heavy atom. The summed E-state index contributed by atoms with van der Waals surface area (Å²) in [5, 5.41) is 0. The molecule has 0 radical (unpaired) electrons. The number of nitrogens with zero attached hydrogens (tertiary/aromatic N) is 1. The normalized spacial score (nSPS) is 23.4. The number of ether oxygens (including phenoxy) is 3. The molecule has 112 valence electrons. The first-order chi connectivity index (χ1) is 9.67. The van der Waals surface area contributed by atoms with E-state index in [2.05, 4.69) is 24.0 Å². The molecular formula is C16H25NO3. The Balaban J connectivity index is 2.10. The maximum atomic E-state index is 5.33. The molecular weight excluding hydrogens is 254 g/mol. The highest BCUT2D eigenvalue weighted by atomic mass is 16.7. The Labute approximate surface area is 121 Å². The molecule has 1 saturated heterocycles. The summed E-state index contributed by atoms with van der Waals surface area (Å²) in [4.78, 5) is 2.45. The number of rotatable bonds is 6. The lowest BCUT2D eigenvalue weighted by atomic mass is 10.0. The minimum absolute atomic E-state index is 0.166. The van der Waals surface area contributed by atoms with Crippen molar-refractivity contribution in [2.75, 3.05) is 34.4 Å². The van der Waals surface area contributed by atoms with Crippen molar-refractivity contribution < 1.29 is 14.2 Å². The van der Waals surface area contributed by atoms with Crippen LogP contribution in [0.2, 0.25) is 0 Å². The molecule has 1 aromatic rings. The zero-order chi connectivity index (χ0) is 14.5. The molecule has 0 aliphatic carbocycles. The molecule has 1 fully saturated rings. The van der Waals surface area contributed by atoms with Gasteiger partial charge in [-0.05, 0) is 30.0 Å². The molecule has 2 atom stereocenters. The first-order valence-electron chi connectivity index (χ1n) is 7.11. The van der Waals surface area contributed by atoms with Gasteiger partial charge in [0.2, 0.25) is 0 Å². The van der Waals surface area contributed by atoms with Gasteiger partial charge in [-0.15, -0.1) is 0 Å². The van der Waals surface area contributed by atoms with E-state index >= 15 is 0 Å². The van der Waals surface area contributed by atoms with Crippen molar-refractivity contribution in [1.29, 1.82) is 0 Å². The van der Waals surface area contributed by atoms with E-state index in [-0.39, 0.29) is 6.29 Å². The molecule has 0 amide bonds. The molecule has 2 unspecified atom stereocenters. The largest absolute Gasteiger partial charge is 0.497 e. The lowest BCUT2D eigenvalue weighted by Crippen LogP contribution is -2.34. The number of hydrogen-bond donors (Lipinski definition) is 0. The fourth-order valence-electron chi connectivity index (χ4n) is 2.94. The molecule has 2 rings (SSSR count). The fourth-order valence-corrected chi connectivity index (χ4v) is 2.94. The number of methoxy groups -OCH3 is 3. The van der Waals surface area contributed by atoms with Gasteiger partial charge in [-0.25, -0.2) is 0 Å². The van der Waals surface area contributed by atoms with Crippen molar-refractivity contribution >= 4 is 0 Å². The summed E-state index contributed by atoms with van der Waals surface area (Å²) in [6.07, 6.45) is 1.01. The molecule has 1 heterocycles. The minimum Gasteiger partial charge on any atom is -0.497 e. The van der Waals surface area contributed by atoms with Crippen LogP contribution in [0.25, 0.3) is 0 Å². The van der Waals surface area contributed by atoms with E-state index in [1.165, 1.54) is 12.0 Å². The van der Waals surface area contributed by atoms with E-state index in [4.69, 9.17) is 14.2 Å². The van der Waals surface area contributed by atoms with Gasteiger partial charge in [0.25, 0.3) is 0 Å². The van der Waals surface area contributed by atoms with E-state index < -0.39 is 0 Å². The molecule has 1 aliphatic heterocycles. The average Bonchev–Trinajstić information content (AvgIpc) is 2.85. The molecule has 1 aliphatic rings. The van der Waals surface area contributed by atoms with Crippen LogP contribution >= 0.6 is 0 Å².